The molecule has 3 aromatic heterocycles. The topological polar surface area (TPSA) is 43.1 Å². The minimum atomic E-state index is 0.0328. The standard InChI is InChI=1S/C23H24N4OS/c1-25-19-8-3-2-7-18(19)24-23(25)20-9-6-13-27(20)22(28)15-21(17-10-14-29-16-17)26-11-4-5-12-26/h2-5,7-8,10-12,14,16,20-21H,6,9,13,15H2,1H3/t20-,21+/m0/s1. The zero-order valence-electron chi connectivity index (χ0n) is 16.4. The summed E-state index contributed by atoms with van der Waals surface area (Å²) in [4.78, 5) is 20.4. The van der Waals surface area contributed by atoms with Crippen LogP contribution in [0.5, 0.6) is 0 Å². The van der Waals surface area contributed by atoms with E-state index in [4.69, 9.17) is 4.98 Å². The summed E-state index contributed by atoms with van der Waals surface area (Å²) in [7, 11) is 2.06. The van der Waals surface area contributed by atoms with Crippen molar-refractivity contribution in [1.29, 1.82) is 0 Å². The molecule has 2 atom stereocenters. The molecule has 0 bridgehead atoms. The van der Waals surface area contributed by atoms with E-state index >= 15 is 0 Å². The van der Waals surface area contributed by atoms with Gasteiger partial charge in [0.25, 0.3) is 0 Å². The molecule has 0 radical (unpaired) electrons. The molecule has 1 saturated heterocycles. The van der Waals surface area contributed by atoms with Gasteiger partial charge in [0.15, 0.2) is 0 Å². The number of nitrogens with zero attached hydrogens (tertiary/aromatic N) is 4. The van der Waals surface area contributed by atoms with E-state index in [9.17, 15) is 4.79 Å². The van der Waals surface area contributed by atoms with Gasteiger partial charge >= 0.3 is 0 Å². The second-order valence-electron chi connectivity index (χ2n) is 7.67. The van der Waals surface area contributed by atoms with Crippen LogP contribution in [0.3, 0.4) is 0 Å². The molecule has 6 heteroatoms. The molecule has 1 fully saturated rings. The molecular formula is C23H24N4OS. The molecule has 4 heterocycles. The third-order valence-electron chi connectivity index (χ3n) is 5.98. The number of hydrogen-bond donors (Lipinski definition) is 0. The molecule has 148 valence electrons. The van der Waals surface area contributed by atoms with Gasteiger partial charge in [-0.25, -0.2) is 4.98 Å². The van der Waals surface area contributed by atoms with Crippen LogP contribution >= 0.6 is 11.3 Å². The van der Waals surface area contributed by atoms with Crippen LogP contribution in [0.15, 0.2) is 65.6 Å². The monoisotopic (exact) mass is 404 g/mol. The molecule has 5 nitrogen and oxygen atoms in total. The van der Waals surface area contributed by atoms with Crippen LogP contribution in [0.25, 0.3) is 11.0 Å². The lowest BCUT2D eigenvalue weighted by molar-refractivity contribution is -0.132. The van der Waals surface area contributed by atoms with Gasteiger partial charge in [-0.15, -0.1) is 0 Å². The number of thiophene rings is 1. The van der Waals surface area contributed by atoms with Crippen LogP contribution < -0.4 is 0 Å². The maximum Gasteiger partial charge on any atom is 0.225 e. The average molecular weight is 405 g/mol. The largest absolute Gasteiger partial charge is 0.346 e. The number of amides is 1. The van der Waals surface area contributed by atoms with E-state index in [1.807, 2.05) is 47.6 Å². The minimum Gasteiger partial charge on any atom is -0.346 e. The lowest BCUT2D eigenvalue weighted by Crippen LogP contribution is -2.33. The van der Waals surface area contributed by atoms with Gasteiger partial charge < -0.3 is 14.0 Å². The molecule has 29 heavy (non-hydrogen) atoms. The van der Waals surface area contributed by atoms with Crippen molar-refractivity contribution in [3.8, 4) is 0 Å². The Kier molecular flexibility index (Phi) is 4.72. The van der Waals surface area contributed by atoms with Crippen LogP contribution in [0, 0.1) is 0 Å². The summed E-state index contributed by atoms with van der Waals surface area (Å²) in [6.45, 7) is 0.800. The van der Waals surface area contributed by atoms with E-state index in [1.54, 1.807) is 11.3 Å². The number of rotatable bonds is 5. The van der Waals surface area contributed by atoms with E-state index in [0.29, 0.717) is 6.42 Å². The van der Waals surface area contributed by atoms with Crippen molar-refractivity contribution in [2.24, 2.45) is 7.05 Å². The molecule has 0 saturated carbocycles. The summed E-state index contributed by atoms with van der Waals surface area (Å²) in [5, 5.41) is 4.22. The van der Waals surface area contributed by atoms with E-state index in [2.05, 4.69) is 39.1 Å². The summed E-state index contributed by atoms with van der Waals surface area (Å²) < 4.78 is 4.29. The van der Waals surface area contributed by atoms with Crippen molar-refractivity contribution in [2.45, 2.75) is 31.3 Å². The highest BCUT2D eigenvalue weighted by Gasteiger charge is 2.34. The first-order chi connectivity index (χ1) is 14.2. The van der Waals surface area contributed by atoms with Crippen molar-refractivity contribution in [1.82, 2.24) is 19.0 Å². The van der Waals surface area contributed by atoms with E-state index < -0.39 is 0 Å². The fourth-order valence-corrected chi connectivity index (χ4v) is 5.20. The van der Waals surface area contributed by atoms with Crippen molar-refractivity contribution >= 4 is 28.3 Å². The zero-order valence-corrected chi connectivity index (χ0v) is 17.3. The first-order valence-corrected chi connectivity index (χ1v) is 11.0. The summed E-state index contributed by atoms with van der Waals surface area (Å²) in [5.74, 6) is 1.19. The van der Waals surface area contributed by atoms with E-state index in [-0.39, 0.29) is 18.0 Å². The Balaban J connectivity index is 1.43. The number of imidazole rings is 1. The summed E-state index contributed by atoms with van der Waals surface area (Å²) >= 11 is 1.67. The molecule has 1 aliphatic rings. The fourth-order valence-electron chi connectivity index (χ4n) is 4.49. The predicted molar refractivity (Wildman–Crippen MR) is 116 cm³/mol. The molecule has 0 spiro atoms. The van der Waals surface area contributed by atoms with Gasteiger partial charge in [0.2, 0.25) is 5.91 Å². The second kappa shape index (κ2) is 7.52. The molecule has 0 aliphatic carbocycles. The normalized spacial score (nSPS) is 17.8. The smallest absolute Gasteiger partial charge is 0.225 e. The van der Waals surface area contributed by atoms with Crippen LogP contribution in [0.1, 0.15) is 42.7 Å². The summed E-state index contributed by atoms with van der Waals surface area (Å²) in [6.07, 6.45) is 6.54. The minimum absolute atomic E-state index is 0.0328. The molecule has 1 aromatic carbocycles. The van der Waals surface area contributed by atoms with Crippen molar-refractivity contribution < 1.29 is 4.79 Å². The van der Waals surface area contributed by atoms with Crippen molar-refractivity contribution in [3.05, 3.63) is 77.0 Å². The first-order valence-electron chi connectivity index (χ1n) is 10.1. The van der Waals surface area contributed by atoms with Gasteiger partial charge in [0, 0.05) is 26.0 Å². The number of aryl methyl sites for hydroxylation is 1. The van der Waals surface area contributed by atoms with E-state index in [1.165, 1.54) is 5.56 Å². The quantitative estimate of drug-likeness (QED) is 0.480. The third-order valence-corrected chi connectivity index (χ3v) is 6.68. The number of aromatic nitrogens is 3. The molecule has 0 N–H and O–H groups in total. The highest BCUT2D eigenvalue weighted by atomic mass is 32.1. The Labute approximate surface area is 174 Å². The Morgan fingerprint density at radius 3 is 2.79 bits per heavy atom. The van der Waals surface area contributed by atoms with Gasteiger partial charge in [0.1, 0.15) is 5.82 Å². The number of para-hydroxylation sites is 2. The number of hydrogen-bond acceptors (Lipinski definition) is 3. The SMILES string of the molecule is Cn1c([C@@H]2CCCN2C(=O)C[C@H](c2ccsc2)n2cccc2)nc2ccccc21. The molecule has 4 aromatic rings. The van der Waals surface area contributed by atoms with Crippen LogP contribution in [0.4, 0.5) is 0 Å². The van der Waals surface area contributed by atoms with Gasteiger partial charge in [-0.1, -0.05) is 12.1 Å². The lowest BCUT2D eigenvalue weighted by Gasteiger charge is -2.27. The maximum atomic E-state index is 13.4. The Morgan fingerprint density at radius 1 is 1.21 bits per heavy atom. The van der Waals surface area contributed by atoms with Crippen molar-refractivity contribution in [3.63, 3.8) is 0 Å². The van der Waals surface area contributed by atoms with Crippen LogP contribution in [0.2, 0.25) is 0 Å². The Morgan fingerprint density at radius 2 is 2.03 bits per heavy atom. The van der Waals surface area contributed by atoms with Crippen molar-refractivity contribution in [2.75, 3.05) is 6.54 Å². The number of benzene rings is 1. The highest BCUT2D eigenvalue weighted by Crippen LogP contribution is 2.35. The molecule has 5 rings (SSSR count). The second-order valence-corrected chi connectivity index (χ2v) is 8.45. The number of carbonyl (C=O) groups is 1. The molecular weight excluding hydrogens is 380 g/mol. The van der Waals surface area contributed by atoms with Gasteiger partial charge in [-0.2, -0.15) is 11.3 Å². The maximum absolute atomic E-state index is 13.4. The van der Waals surface area contributed by atoms with Gasteiger partial charge in [0.05, 0.1) is 29.5 Å². The molecule has 1 aliphatic heterocycles. The van der Waals surface area contributed by atoms with Crippen LogP contribution in [-0.4, -0.2) is 31.5 Å². The lowest BCUT2D eigenvalue weighted by atomic mass is 10.1. The zero-order chi connectivity index (χ0) is 19.8. The highest BCUT2D eigenvalue weighted by molar-refractivity contribution is 7.08. The predicted octanol–water partition coefficient (Wildman–Crippen LogP) is 4.78. The number of fused-ring (bicyclic) bond motifs is 1. The van der Waals surface area contributed by atoms with Crippen LogP contribution in [-0.2, 0) is 11.8 Å². The van der Waals surface area contributed by atoms with E-state index in [0.717, 1.165) is 36.2 Å². The molecule has 0 unspecified atom stereocenters. The molecule has 1 amide bonds. The van der Waals surface area contributed by atoms with Gasteiger partial charge in [-0.05, 0) is 59.5 Å². The average Bonchev–Trinajstić information content (AvgIpc) is 3.53. The Bertz CT molecular complexity index is 1080. The first kappa shape index (κ1) is 18.2. The van der Waals surface area contributed by atoms with Gasteiger partial charge in [-0.3, -0.25) is 4.79 Å². The summed E-state index contributed by atoms with van der Waals surface area (Å²) in [6, 6.07) is 14.4. The number of likely N-dealkylation sites (tertiary alicyclic amines) is 1. The summed E-state index contributed by atoms with van der Waals surface area (Å²) in [5.41, 5.74) is 3.30. The fraction of sp³-hybridized carbons (Fsp3) is 0.304. The Hall–Kier alpha value is -2.86. The number of carbonyl (C=O) groups excluding carboxylic acids is 1. The third kappa shape index (κ3) is 3.27.